The Morgan fingerprint density at radius 2 is 1.89 bits per heavy atom. The van der Waals surface area contributed by atoms with Gasteiger partial charge in [0.25, 0.3) is 0 Å². The number of aromatic hydroxyl groups is 1. The molecule has 0 bridgehead atoms. The first-order valence-electron chi connectivity index (χ1n) is 6.85. The van der Waals surface area contributed by atoms with Crippen LogP contribution in [0, 0.1) is 0 Å². The maximum atomic E-state index is 10.0. The van der Waals surface area contributed by atoms with E-state index in [9.17, 15) is 5.11 Å². The first-order valence-corrected chi connectivity index (χ1v) is 7.64. The Labute approximate surface area is 118 Å². The summed E-state index contributed by atoms with van der Waals surface area (Å²) in [6.07, 6.45) is 8.05. The second-order valence-electron chi connectivity index (χ2n) is 5.31. The molecule has 0 heterocycles. The van der Waals surface area contributed by atoms with Gasteiger partial charge < -0.3 is 5.11 Å². The van der Waals surface area contributed by atoms with E-state index in [-0.39, 0.29) is 0 Å². The van der Waals surface area contributed by atoms with Crippen molar-refractivity contribution >= 4 is 15.9 Å². The van der Waals surface area contributed by atoms with Crippen LogP contribution in [0.4, 0.5) is 0 Å². The van der Waals surface area contributed by atoms with E-state index < -0.39 is 0 Å². The van der Waals surface area contributed by atoms with Gasteiger partial charge in [0.05, 0.1) is 4.47 Å². The second-order valence-corrected chi connectivity index (χ2v) is 6.16. The molecule has 0 amide bonds. The average Bonchev–Trinajstić information content (AvgIpc) is 2.63. The molecule has 0 aliphatic heterocycles. The van der Waals surface area contributed by atoms with Crippen LogP contribution in [0.15, 0.2) is 22.7 Å². The number of hydrogen-bond donors (Lipinski definition) is 1. The molecule has 1 aliphatic rings. The first kappa shape index (κ1) is 13.9. The highest BCUT2D eigenvalue weighted by Crippen LogP contribution is 2.29. The van der Waals surface area contributed by atoms with Crippen molar-refractivity contribution in [3.05, 3.63) is 28.2 Å². The topological polar surface area (TPSA) is 23.5 Å². The van der Waals surface area contributed by atoms with Crippen molar-refractivity contribution in [2.75, 3.05) is 7.05 Å². The summed E-state index contributed by atoms with van der Waals surface area (Å²) in [6.45, 7) is 0.829. The Kier molecular flexibility index (Phi) is 5.07. The molecule has 0 saturated heterocycles. The van der Waals surface area contributed by atoms with E-state index in [0.717, 1.165) is 16.6 Å². The molecule has 0 unspecified atom stereocenters. The molecule has 1 saturated carbocycles. The molecule has 1 aliphatic carbocycles. The Bertz CT molecular complexity index is 386. The molecular weight excluding hydrogens is 290 g/mol. The minimum atomic E-state index is 0.387. The Hall–Kier alpha value is -0.540. The zero-order valence-electron chi connectivity index (χ0n) is 11.0. The lowest BCUT2D eigenvalue weighted by molar-refractivity contribution is 0.211. The average molecular weight is 312 g/mol. The van der Waals surface area contributed by atoms with E-state index in [1.807, 2.05) is 18.2 Å². The molecule has 0 aromatic heterocycles. The largest absolute Gasteiger partial charge is 0.506 e. The Morgan fingerprint density at radius 3 is 2.56 bits per heavy atom. The molecule has 18 heavy (non-hydrogen) atoms. The number of rotatable bonds is 3. The van der Waals surface area contributed by atoms with Gasteiger partial charge in [-0.15, -0.1) is 0 Å². The van der Waals surface area contributed by atoms with Crippen LogP contribution in [0.5, 0.6) is 5.75 Å². The van der Waals surface area contributed by atoms with Gasteiger partial charge in [-0.2, -0.15) is 0 Å². The molecule has 2 rings (SSSR count). The van der Waals surface area contributed by atoms with Gasteiger partial charge >= 0.3 is 0 Å². The normalized spacial score (nSPS) is 17.9. The zero-order chi connectivity index (χ0) is 13.0. The van der Waals surface area contributed by atoms with Crippen LogP contribution in [0.2, 0.25) is 0 Å². The zero-order valence-corrected chi connectivity index (χ0v) is 12.6. The summed E-state index contributed by atoms with van der Waals surface area (Å²) in [5.74, 6) is 0.387. The number of phenols is 1. The molecule has 1 N–H and O–H groups in total. The van der Waals surface area contributed by atoms with Crippen molar-refractivity contribution in [1.29, 1.82) is 0 Å². The molecule has 0 radical (unpaired) electrons. The van der Waals surface area contributed by atoms with Crippen molar-refractivity contribution in [3.8, 4) is 5.75 Å². The summed E-state index contributed by atoms with van der Waals surface area (Å²) in [4.78, 5) is 2.40. The lowest BCUT2D eigenvalue weighted by Gasteiger charge is -2.27. The smallest absolute Gasteiger partial charge is 0.134 e. The monoisotopic (exact) mass is 311 g/mol. The van der Waals surface area contributed by atoms with Crippen LogP contribution in [-0.2, 0) is 6.54 Å². The van der Waals surface area contributed by atoms with Crippen LogP contribution in [0.25, 0.3) is 0 Å². The van der Waals surface area contributed by atoms with Gasteiger partial charge in [-0.3, -0.25) is 4.90 Å². The van der Waals surface area contributed by atoms with Gasteiger partial charge in [-0.25, -0.2) is 0 Å². The highest BCUT2D eigenvalue weighted by atomic mass is 79.9. The summed E-state index contributed by atoms with van der Waals surface area (Å²) in [7, 11) is 2.18. The van der Waals surface area contributed by atoms with E-state index in [4.69, 9.17) is 0 Å². The maximum absolute atomic E-state index is 10.0. The molecule has 0 atom stereocenters. The number of para-hydroxylation sites is 1. The van der Waals surface area contributed by atoms with E-state index in [0.29, 0.717) is 11.8 Å². The summed E-state index contributed by atoms with van der Waals surface area (Å²) < 4.78 is 0.786. The fourth-order valence-electron chi connectivity index (χ4n) is 2.78. The van der Waals surface area contributed by atoms with Crippen molar-refractivity contribution < 1.29 is 5.11 Å². The van der Waals surface area contributed by atoms with E-state index in [1.165, 1.54) is 38.5 Å². The van der Waals surface area contributed by atoms with E-state index >= 15 is 0 Å². The predicted octanol–water partition coefficient (Wildman–Crippen LogP) is 4.31. The van der Waals surface area contributed by atoms with Gasteiger partial charge in [0.15, 0.2) is 0 Å². The van der Waals surface area contributed by atoms with Crippen LogP contribution in [0.1, 0.15) is 44.1 Å². The lowest BCUT2D eigenvalue weighted by Crippen LogP contribution is -2.30. The third kappa shape index (κ3) is 3.48. The first-order chi connectivity index (χ1) is 8.68. The molecule has 1 fully saturated rings. The van der Waals surface area contributed by atoms with Gasteiger partial charge in [0.1, 0.15) is 5.75 Å². The molecular formula is C15H22BrNO. The highest BCUT2D eigenvalue weighted by molar-refractivity contribution is 9.10. The number of nitrogens with zero attached hydrogens (tertiary/aromatic N) is 1. The van der Waals surface area contributed by atoms with Crippen molar-refractivity contribution in [3.63, 3.8) is 0 Å². The predicted molar refractivity (Wildman–Crippen MR) is 78.8 cm³/mol. The minimum Gasteiger partial charge on any atom is -0.506 e. The highest BCUT2D eigenvalue weighted by Gasteiger charge is 2.18. The quantitative estimate of drug-likeness (QED) is 0.841. The number of phenolic OH excluding ortho intramolecular Hbond substituents is 1. The number of benzene rings is 1. The van der Waals surface area contributed by atoms with Gasteiger partial charge in [-0.1, -0.05) is 37.8 Å². The minimum absolute atomic E-state index is 0.387. The van der Waals surface area contributed by atoms with Crippen LogP contribution in [0.3, 0.4) is 0 Å². The van der Waals surface area contributed by atoms with E-state index in [2.05, 4.69) is 27.9 Å². The fraction of sp³-hybridized carbons (Fsp3) is 0.600. The maximum Gasteiger partial charge on any atom is 0.134 e. The van der Waals surface area contributed by atoms with Gasteiger partial charge in [0.2, 0.25) is 0 Å². The summed E-state index contributed by atoms with van der Waals surface area (Å²) in [6, 6.07) is 6.54. The third-order valence-electron chi connectivity index (χ3n) is 3.94. The Morgan fingerprint density at radius 1 is 1.22 bits per heavy atom. The van der Waals surface area contributed by atoms with Gasteiger partial charge in [0, 0.05) is 18.2 Å². The van der Waals surface area contributed by atoms with Crippen LogP contribution in [-0.4, -0.2) is 23.1 Å². The molecule has 100 valence electrons. The van der Waals surface area contributed by atoms with Crippen molar-refractivity contribution in [2.45, 2.75) is 51.1 Å². The summed E-state index contributed by atoms with van der Waals surface area (Å²) in [5.41, 5.74) is 1.01. The SMILES string of the molecule is CN(Cc1cccc(Br)c1O)C1CCCCCC1. The number of hydrogen-bond acceptors (Lipinski definition) is 2. The molecule has 0 spiro atoms. The Balaban J connectivity index is 2.01. The van der Waals surface area contributed by atoms with Gasteiger partial charge in [-0.05, 0) is 41.9 Å². The van der Waals surface area contributed by atoms with E-state index in [1.54, 1.807) is 0 Å². The number of halogens is 1. The summed E-state index contributed by atoms with van der Waals surface area (Å²) >= 11 is 3.38. The molecule has 3 heteroatoms. The molecule has 1 aromatic carbocycles. The third-order valence-corrected chi connectivity index (χ3v) is 4.58. The van der Waals surface area contributed by atoms with Crippen molar-refractivity contribution in [2.24, 2.45) is 0 Å². The molecule has 2 nitrogen and oxygen atoms in total. The van der Waals surface area contributed by atoms with Crippen LogP contribution >= 0.6 is 15.9 Å². The van der Waals surface area contributed by atoms with Crippen LogP contribution < -0.4 is 0 Å². The standard InChI is InChI=1S/C15H22BrNO/c1-17(13-8-4-2-3-5-9-13)11-12-7-6-10-14(16)15(12)18/h6-7,10,13,18H,2-5,8-9,11H2,1H3. The lowest BCUT2D eigenvalue weighted by atomic mass is 10.1. The fourth-order valence-corrected chi connectivity index (χ4v) is 3.19. The molecule has 1 aromatic rings. The van der Waals surface area contributed by atoms with Crippen molar-refractivity contribution in [1.82, 2.24) is 4.90 Å². The summed E-state index contributed by atoms with van der Waals surface area (Å²) in [5, 5.41) is 10.0. The second kappa shape index (κ2) is 6.58.